The van der Waals surface area contributed by atoms with Crippen LogP contribution in [0.4, 0.5) is 10.2 Å². The van der Waals surface area contributed by atoms with E-state index in [-0.39, 0.29) is 24.1 Å². The monoisotopic (exact) mass is 521 g/mol. The molecule has 0 bridgehead atoms. The van der Waals surface area contributed by atoms with Crippen molar-refractivity contribution in [2.45, 2.75) is 51.2 Å². The number of carboxylic acids is 1. The van der Waals surface area contributed by atoms with Crippen LogP contribution in [0.5, 0.6) is 0 Å². The number of nitrogen functional groups attached to an aromatic ring is 1. The summed E-state index contributed by atoms with van der Waals surface area (Å²) in [5, 5.41) is 26.7. The van der Waals surface area contributed by atoms with E-state index in [0.717, 1.165) is 11.1 Å². The number of aromatic nitrogens is 6. The van der Waals surface area contributed by atoms with Gasteiger partial charge in [-0.25, -0.2) is 14.2 Å². The van der Waals surface area contributed by atoms with Crippen LogP contribution < -0.4 is 5.73 Å². The Balaban J connectivity index is 1.49. The normalized spacial score (nSPS) is 18.5. The zero-order valence-corrected chi connectivity index (χ0v) is 20.8. The molecule has 1 aliphatic rings. The maximum absolute atomic E-state index is 14.1. The number of carboxylic acid groups (broad SMARTS) is 1. The standard InChI is InChI=1S/C26H28FN7O4/c1-14(36)21-23(16-4-2-15(3-5-16)22(27)26(37)38)32-25-19(12-31-34(25)24(21)28)17-6-7-20(29-10-17)18-11-30-33(13-18)8-9-35/h6-7,10-13,15-16,22,35H,2-5,8-9,28H2,1H3,(H,37,38). The average Bonchev–Trinajstić information content (AvgIpc) is 3.56. The van der Waals surface area contributed by atoms with Gasteiger partial charge in [-0.3, -0.25) is 14.5 Å². The molecule has 4 heterocycles. The van der Waals surface area contributed by atoms with Gasteiger partial charge in [-0.05, 0) is 38.7 Å². The summed E-state index contributed by atoms with van der Waals surface area (Å²) in [4.78, 5) is 33.1. The van der Waals surface area contributed by atoms with Crippen molar-refractivity contribution in [2.75, 3.05) is 12.3 Å². The van der Waals surface area contributed by atoms with E-state index in [9.17, 15) is 14.0 Å². The second-order valence-corrected chi connectivity index (χ2v) is 9.61. The van der Waals surface area contributed by atoms with Crippen molar-refractivity contribution in [3.05, 3.63) is 48.2 Å². The quantitative estimate of drug-likeness (QED) is 0.296. The third-order valence-corrected chi connectivity index (χ3v) is 7.20. The van der Waals surface area contributed by atoms with Crippen LogP contribution in [0.2, 0.25) is 0 Å². The van der Waals surface area contributed by atoms with E-state index < -0.39 is 18.1 Å². The first kappa shape index (κ1) is 25.5. The molecule has 5 rings (SSSR count). The van der Waals surface area contributed by atoms with Crippen molar-refractivity contribution < 1.29 is 24.2 Å². The average molecular weight is 522 g/mol. The molecule has 1 unspecified atom stereocenters. The van der Waals surface area contributed by atoms with Gasteiger partial charge in [0.05, 0.1) is 42.5 Å². The second-order valence-electron chi connectivity index (χ2n) is 9.61. The summed E-state index contributed by atoms with van der Waals surface area (Å²) < 4.78 is 17.1. The predicted molar refractivity (Wildman–Crippen MR) is 136 cm³/mol. The van der Waals surface area contributed by atoms with Gasteiger partial charge in [-0.15, -0.1) is 0 Å². The lowest BCUT2D eigenvalue weighted by Gasteiger charge is -2.29. The molecule has 1 atom stereocenters. The van der Waals surface area contributed by atoms with Crippen LogP contribution in [-0.2, 0) is 11.3 Å². The van der Waals surface area contributed by atoms with Gasteiger partial charge in [0.15, 0.2) is 17.6 Å². The number of ketones is 1. The number of aliphatic carboxylic acids is 1. The minimum Gasteiger partial charge on any atom is -0.479 e. The zero-order chi connectivity index (χ0) is 27.0. The van der Waals surface area contributed by atoms with E-state index >= 15 is 0 Å². The van der Waals surface area contributed by atoms with E-state index in [1.807, 2.05) is 18.3 Å². The predicted octanol–water partition coefficient (Wildman–Crippen LogP) is 3.13. The van der Waals surface area contributed by atoms with Gasteiger partial charge >= 0.3 is 5.97 Å². The molecule has 198 valence electrons. The number of hydrogen-bond donors (Lipinski definition) is 3. The molecule has 11 nitrogen and oxygen atoms in total. The van der Waals surface area contributed by atoms with Gasteiger partial charge in [0, 0.05) is 40.9 Å². The van der Waals surface area contributed by atoms with Crippen LogP contribution in [0, 0.1) is 5.92 Å². The first-order valence-electron chi connectivity index (χ1n) is 12.4. The lowest BCUT2D eigenvalue weighted by atomic mass is 9.77. The fourth-order valence-electron chi connectivity index (χ4n) is 5.22. The smallest absolute Gasteiger partial charge is 0.338 e. The Morgan fingerprint density at radius 3 is 2.53 bits per heavy atom. The van der Waals surface area contributed by atoms with Gasteiger partial charge in [-0.1, -0.05) is 6.07 Å². The summed E-state index contributed by atoms with van der Waals surface area (Å²) in [5.74, 6) is -2.22. The fourth-order valence-corrected chi connectivity index (χ4v) is 5.22. The molecule has 38 heavy (non-hydrogen) atoms. The molecule has 4 N–H and O–H groups in total. The Morgan fingerprint density at radius 1 is 1.13 bits per heavy atom. The minimum absolute atomic E-state index is 0.00811. The number of aliphatic hydroxyl groups is 1. The number of fused-ring (bicyclic) bond motifs is 1. The number of nitrogens with zero attached hydrogens (tertiary/aromatic N) is 6. The Bertz CT molecular complexity index is 1490. The highest BCUT2D eigenvalue weighted by Crippen LogP contribution is 2.40. The Kier molecular flexibility index (Phi) is 6.89. The SMILES string of the molecule is CC(=O)c1c(C2CCC(C(F)C(=O)O)CC2)nc2c(-c3ccc(-c4cnn(CCO)c4)nc3)cnn2c1N. The minimum atomic E-state index is -1.90. The van der Waals surface area contributed by atoms with Crippen molar-refractivity contribution in [1.82, 2.24) is 29.4 Å². The molecule has 0 radical (unpaired) electrons. The maximum atomic E-state index is 14.1. The molecule has 0 amide bonds. The van der Waals surface area contributed by atoms with E-state index in [1.165, 1.54) is 11.4 Å². The van der Waals surface area contributed by atoms with Crippen molar-refractivity contribution in [3.63, 3.8) is 0 Å². The highest BCUT2D eigenvalue weighted by molar-refractivity contribution is 6.00. The third kappa shape index (κ3) is 4.62. The van der Waals surface area contributed by atoms with Gasteiger partial charge in [-0.2, -0.15) is 14.7 Å². The molecule has 0 spiro atoms. The molecular weight excluding hydrogens is 493 g/mol. The summed E-state index contributed by atoms with van der Waals surface area (Å²) in [6, 6.07) is 3.74. The lowest BCUT2D eigenvalue weighted by molar-refractivity contribution is -0.145. The van der Waals surface area contributed by atoms with Crippen molar-refractivity contribution in [1.29, 1.82) is 0 Å². The number of halogens is 1. The molecule has 0 saturated heterocycles. The fraction of sp³-hybridized carbons (Fsp3) is 0.385. The molecule has 0 aromatic carbocycles. The number of nitrogens with two attached hydrogens (primary N) is 1. The van der Waals surface area contributed by atoms with Gasteiger partial charge < -0.3 is 15.9 Å². The number of pyridine rings is 1. The third-order valence-electron chi connectivity index (χ3n) is 7.20. The number of alkyl halides is 1. The van der Waals surface area contributed by atoms with Crippen LogP contribution in [0.25, 0.3) is 28.0 Å². The molecule has 1 aliphatic carbocycles. The Labute approximate surface area is 217 Å². The van der Waals surface area contributed by atoms with Gasteiger partial charge in [0.2, 0.25) is 0 Å². The maximum Gasteiger partial charge on any atom is 0.338 e. The number of carbonyl (C=O) groups is 2. The summed E-state index contributed by atoms with van der Waals surface area (Å²) in [6.07, 6.45) is 6.69. The largest absolute Gasteiger partial charge is 0.479 e. The van der Waals surface area contributed by atoms with E-state index in [1.54, 1.807) is 23.3 Å². The number of Topliss-reactive ketones (excluding diaryl/α,β-unsaturated/α-hetero) is 1. The van der Waals surface area contributed by atoms with Crippen LogP contribution >= 0.6 is 0 Å². The number of rotatable bonds is 8. The number of carbonyl (C=O) groups excluding carboxylic acids is 1. The van der Waals surface area contributed by atoms with Crippen molar-refractivity contribution in [2.24, 2.45) is 5.92 Å². The van der Waals surface area contributed by atoms with Crippen LogP contribution in [-0.4, -0.2) is 64.1 Å². The Morgan fingerprint density at radius 2 is 1.89 bits per heavy atom. The van der Waals surface area contributed by atoms with Gasteiger partial charge in [0.25, 0.3) is 0 Å². The van der Waals surface area contributed by atoms with Crippen molar-refractivity contribution >= 4 is 23.2 Å². The molecular formula is C26H28FN7O4. The summed E-state index contributed by atoms with van der Waals surface area (Å²) in [5.41, 5.74) is 10.7. The number of aliphatic hydroxyl groups excluding tert-OH is 1. The first-order chi connectivity index (χ1) is 18.3. The van der Waals surface area contributed by atoms with Crippen molar-refractivity contribution in [3.8, 4) is 22.4 Å². The van der Waals surface area contributed by atoms with Gasteiger partial charge in [0.1, 0.15) is 5.82 Å². The molecule has 12 heteroatoms. The van der Waals surface area contributed by atoms with Crippen LogP contribution in [0.1, 0.15) is 54.6 Å². The highest BCUT2D eigenvalue weighted by Gasteiger charge is 2.35. The van der Waals surface area contributed by atoms with Crippen LogP contribution in [0.3, 0.4) is 0 Å². The number of hydrogen-bond acceptors (Lipinski definition) is 8. The molecule has 0 aliphatic heterocycles. The molecule has 4 aromatic heterocycles. The molecule has 4 aromatic rings. The van der Waals surface area contributed by atoms with Crippen LogP contribution in [0.15, 0.2) is 36.9 Å². The summed E-state index contributed by atoms with van der Waals surface area (Å²) >= 11 is 0. The second kappa shape index (κ2) is 10.3. The summed E-state index contributed by atoms with van der Waals surface area (Å²) in [7, 11) is 0. The highest BCUT2D eigenvalue weighted by atomic mass is 19.1. The Hall–Kier alpha value is -4.19. The van der Waals surface area contributed by atoms with E-state index in [2.05, 4.69) is 15.2 Å². The topological polar surface area (TPSA) is 162 Å². The zero-order valence-electron chi connectivity index (χ0n) is 20.8. The summed E-state index contributed by atoms with van der Waals surface area (Å²) in [6.45, 7) is 1.81. The van der Waals surface area contributed by atoms with E-state index in [4.69, 9.17) is 20.9 Å². The molecule has 1 fully saturated rings. The first-order valence-corrected chi connectivity index (χ1v) is 12.4. The van der Waals surface area contributed by atoms with E-state index in [0.29, 0.717) is 60.4 Å². The number of anilines is 1. The molecule has 1 saturated carbocycles. The lowest BCUT2D eigenvalue weighted by Crippen LogP contribution is -2.29.